The van der Waals surface area contributed by atoms with Gasteiger partial charge >= 0.3 is 0 Å². The molecule has 0 radical (unpaired) electrons. The van der Waals surface area contributed by atoms with Gasteiger partial charge in [-0.25, -0.2) is 0 Å². The molecule has 7 heteroatoms. The Balaban J connectivity index is 1.46. The number of carbonyl (C=O) groups excluding carboxylic acids is 2. The number of nitrogens with one attached hydrogen (secondary N) is 2. The van der Waals surface area contributed by atoms with Crippen molar-refractivity contribution < 1.29 is 14.3 Å². The highest BCUT2D eigenvalue weighted by atomic mass is 35.5. The first kappa shape index (κ1) is 21.3. The van der Waals surface area contributed by atoms with Gasteiger partial charge in [0.05, 0.1) is 23.2 Å². The van der Waals surface area contributed by atoms with Gasteiger partial charge in [0.25, 0.3) is 5.91 Å². The summed E-state index contributed by atoms with van der Waals surface area (Å²) in [5, 5.41) is 5.78. The van der Waals surface area contributed by atoms with E-state index in [2.05, 4.69) is 15.6 Å². The summed E-state index contributed by atoms with van der Waals surface area (Å²) >= 11 is 5.99. The number of carbonyl (C=O) groups is 2. The molecule has 3 rings (SSSR count). The highest BCUT2D eigenvalue weighted by Crippen LogP contribution is 2.18. The van der Waals surface area contributed by atoms with E-state index in [1.165, 1.54) is 0 Å². The average Bonchev–Trinajstić information content (AvgIpc) is 2.77. The molecule has 0 spiro atoms. The fourth-order valence-corrected chi connectivity index (χ4v) is 3.00. The van der Waals surface area contributed by atoms with Crippen LogP contribution in [0.25, 0.3) is 0 Å². The molecule has 0 aliphatic heterocycles. The van der Waals surface area contributed by atoms with Crippen molar-refractivity contribution in [2.75, 3.05) is 6.54 Å². The molecule has 0 bridgehead atoms. The first-order valence-corrected chi connectivity index (χ1v) is 9.84. The Bertz CT molecular complexity index is 994. The summed E-state index contributed by atoms with van der Waals surface area (Å²) in [6, 6.07) is 17.8. The van der Waals surface area contributed by atoms with Gasteiger partial charge in [0.1, 0.15) is 12.4 Å². The Morgan fingerprint density at radius 1 is 1.07 bits per heavy atom. The second-order valence-electron chi connectivity index (χ2n) is 6.67. The zero-order valence-corrected chi connectivity index (χ0v) is 17.2. The Morgan fingerprint density at radius 2 is 1.83 bits per heavy atom. The number of rotatable bonds is 8. The molecule has 1 unspecified atom stereocenters. The molecule has 6 nitrogen and oxygen atoms in total. The maximum absolute atomic E-state index is 12.2. The standard InChI is InChI=1S/C23H22ClN3O3/c1-16(27-22(28)14-26-23(29)20-6-2-3-7-21(20)24)18-8-10-19(11-9-18)30-15-17-5-4-12-25-13-17/h2-13,16H,14-15H2,1H3,(H,26,29)(H,27,28). The van der Waals surface area contributed by atoms with Crippen LogP contribution in [0, 0.1) is 0 Å². The largest absolute Gasteiger partial charge is 0.489 e. The molecule has 2 amide bonds. The van der Waals surface area contributed by atoms with Crippen molar-refractivity contribution in [1.29, 1.82) is 0 Å². The normalized spacial score (nSPS) is 11.4. The highest BCUT2D eigenvalue weighted by molar-refractivity contribution is 6.33. The SMILES string of the molecule is CC(NC(=O)CNC(=O)c1ccccc1Cl)c1ccc(OCc2cccnc2)cc1. The monoisotopic (exact) mass is 423 g/mol. The number of aromatic nitrogens is 1. The van der Waals surface area contributed by atoms with Crippen molar-refractivity contribution in [3.63, 3.8) is 0 Å². The lowest BCUT2D eigenvalue weighted by atomic mass is 10.1. The number of benzene rings is 2. The van der Waals surface area contributed by atoms with Crippen LogP contribution in [0.4, 0.5) is 0 Å². The molecule has 0 saturated carbocycles. The molecule has 0 saturated heterocycles. The van der Waals surface area contributed by atoms with E-state index in [4.69, 9.17) is 16.3 Å². The third kappa shape index (κ3) is 6.06. The number of pyridine rings is 1. The van der Waals surface area contributed by atoms with Gasteiger partial charge in [0, 0.05) is 18.0 Å². The summed E-state index contributed by atoms with van der Waals surface area (Å²) in [5.41, 5.74) is 2.25. The van der Waals surface area contributed by atoms with E-state index in [1.807, 2.05) is 43.3 Å². The smallest absolute Gasteiger partial charge is 0.253 e. The quantitative estimate of drug-likeness (QED) is 0.575. The second kappa shape index (κ2) is 10.4. The van der Waals surface area contributed by atoms with Crippen LogP contribution in [-0.2, 0) is 11.4 Å². The predicted molar refractivity (Wildman–Crippen MR) is 115 cm³/mol. The van der Waals surface area contributed by atoms with Gasteiger partial charge in [-0.1, -0.05) is 41.9 Å². The summed E-state index contributed by atoms with van der Waals surface area (Å²) in [5.74, 6) is 0.0476. The zero-order valence-electron chi connectivity index (χ0n) is 16.5. The van der Waals surface area contributed by atoms with Crippen LogP contribution in [-0.4, -0.2) is 23.3 Å². The molecule has 2 N–H and O–H groups in total. The number of amides is 2. The van der Waals surface area contributed by atoms with Crippen LogP contribution in [0.1, 0.15) is 34.5 Å². The molecular formula is C23H22ClN3O3. The van der Waals surface area contributed by atoms with Gasteiger partial charge in [-0.05, 0) is 42.8 Å². The average molecular weight is 424 g/mol. The maximum Gasteiger partial charge on any atom is 0.253 e. The molecule has 2 aromatic carbocycles. The first-order chi connectivity index (χ1) is 14.5. The number of halogens is 1. The van der Waals surface area contributed by atoms with Crippen molar-refractivity contribution >= 4 is 23.4 Å². The van der Waals surface area contributed by atoms with Gasteiger partial charge < -0.3 is 15.4 Å². The lowest BCUT2D eigenvalue weighted by molar-refractivity contribution is -0.120. The van der Waals surface area contributed by atoms with Crippen LogP contribution in [0.15, 0.2) is 73.1 Å². The minimum Gasteiger partial charge on any atom is -0.489 e. The van der Waals surface area contributed by atoms with Crippen LogP contribution >= 0.6 is 11.6 Å². The number of hydrogen-bond donors (Lipinski definition) is 2. The molecule has 0 aliphatic carbocycles. The van der Waals surface area contributed by atoms with Gasteiger partial charge in [-0.3, -0.25) is 14.6 Å². The number of hydrogen-bond acceptors (Lipinski definition) is 4. The zero-order chi connectivity index (χ0) is 21.3. The van der Waals surface area contributed by atoms with E-state index < -0.39 is 5.91 Å². The molecule has 1 aromatic heterocycles. The van der Waals surface area contributed by atoms with Crippen molar-refractivity contribution in [2.45, 2.75) is 19.6 Å². The fourth-order valence-electron chi connectivity index (χ4n) is 2.78. The first-order valence-electron chi connectivity index (χ1n) is 9.46. The molecule has 154 valence electrons. The molecular weight excluding hydrogens is 402 g/mol. The van der Waals surface area contributed by atoms with Gasteiger partial charge in [0.15, 0.2) is 0 Å². The van der Waals surface area contributed by atoms with E-state index in [1.54, 1.807) is 36.7 Å². The minimum absolute atomic E-state index is 0.138. The molecule has 0 aliphatic rings. The lowest BCUT2D eigenvalue weighted by Crippen LogP contribution is -2.38. The van der Waals surface area contributed by atoms with E-state index in [-0.39, 0.29) is 18.5 Å². The van der Waals surface area contributed by atoms with Crippen LogP contribution in [0.2, 0.25) is 5.02 Å². The third-order valence-corrected chi connectivity index (χ3v) is 4.74. The summed E-state index contributed by atoms with van der Waals surface area (Å²) in [4.78, 5) is 28.4. The van der Waals surface area contributed by atoms with Gasteiger partial charge in [-0.15, -0.1) is 0 Å². The highest BCUT2D eigenvalue weighted by Gasteiger charge is 2.13. The molecule has 1 atom stereocenters. The summed E-state index contributed by atoms with van der Waals surface area (Å²) in [6.45, 7) is 2.17. The van der Waals surface area contributed by atoms with Gasteiger partial charge in [0.2, 0.25) is 5.91 Å². The molecule has 30 heavy (non-hydrogen) atoms. The summed E-state index contributed by atoms with van der Waals surface area (Å²) in [6.07, 6.45) is 3.48. The van der Waals surface area contributed by atoms with Gasteiger partial charge in [-0.2, -0.15) is 0 Å². The van der Waals surface area contributed by atoms with Crippen molar-refractivity contribution in [3.05, 3.63) is 94.8 Å². The van der Waals surface area contributed by atoms with Crippen molar-refractivity contribution in [3.8, 4) is 5.75 Å². The van der Waals surface area contributed by atoms with E-state index >= 15 is 0 Å². The molecule has 1 heterocycles. The number of nitrogens with zero attached hydrogens (tertiary/aromatic N) is 1. The van der Waals surface area contributed by atoms with E-state index in [0.717, 1.165) is 16.9 Å². The molecule has 0 fully saturated rings. The summed E-state index contributed by atoms with van der Waals surface area (Å²) in [7, 11) is 0. The topological polar surface area (TPSA) is 80.3 Å². The lowest BCUT2D eigenvalue weighted by Gasteiger charge is -2.15. The van der Waals surface area contributed by atoms with Crippen molar-refractivity contribution in [1.82, 2.24) is 15.6 Å². The maximum atomic E-state index is 12.2. The minimum atomic E-state index is -0.390. The van der Waals surface area contributed by atoms with Crippen LogP contribution in [0.3, 0.4) is 0 Å². The Kier molecular flexibility index (Phi) is 7.40. The van der Waals surface area contributed by atoms with Crippen molar-refractivity contribution in [2.24, 2.45) is 0 Å². The fraction of sp³-hybridized carbons (Fsp3) is 0.174. The second-order valence-corrected chi connectivity index (χ2v) is 7.08. The Labute approximate surface area is 180 Å². The van der Waals surface area contributed by atoms with Crippen LogP contribution < -0.4 is 15.4 Å². The Morgan fingerprint density at radius 3 is 2.53 bits per heavy atom. The van der Waals surface area contributed by atoms with E-state index in [0.29, 0.717) is 17.2 Å². The predicted octanol–water partition coefficient (Wildman–Crippen LogP) is 3.92. The van der Waals surface area contributed by atoms with Crippen LogP contribution in [0.5, 0.6) is 5.75 Å². The summed E-state index contributed by atoms with van der Waals surface area (Å²) < 4.78 is 5.74. The van der Waals surface area contributed by atoms with E-state index in [9.17, 15) is 9.59 Å². The Hall–Kier alpha value is -3.38. The third-order valence-electron chi connectivity index (χ3n) is 4.41. The molecule has 3 aromatic rings. The number of ether oxygens (including phenoxy) is 1.